The van der Waals surface area contributed by atoms with Crippen LogP contribution in [0.3, 0.4) is 0 Å². The summed E-state index contributed by atoms with van der Waals surface area (Å²) < 4.78 is 4.73. The molecule has 2 aromatic carbocycles. The highest BCUT2D eigenvalue weighted by Gasteiger charge is 2.07. The van der Waals surface area contributed by atoms with Crippen LogP contribution >= 0.6 is 11.6 Å². The second-order valence-corrected chi connectivity index (χ2v) is 5.15. The maximum absolute atomic E-state index is 11.6. The summed E-state index contributed by atoms with van der Waals surface area (Å²) in [6.07, 6.45) is 1.72. The van der Waals surface area contributed by atoms with E-state index >= 15 is 0 Å². The van der Waals surface area contributed by atoms with Crippen LogP contribution in [0.25, 0.3) is 10.9 Å². The van der Waals surface area contributed by atoms with Crippen LogP contribution in [0.1, 0.15) is 10.4 Å². The summed E-state index contributed by atoms with van der Waals surface area (Å²) in [7, 11) is 1.36. The Hall–Kier alpha value is -2.59. The number of benzene rings is 2. The van der Waals surface area contributed by atoms with E-state index in [9.17, 15) is 4.79 Å². The summed E-state index contributed by atoms with van der Waals surface area (Å²) in [6.45, 7) is 0. The van der Waals surface area contributed by atoms with Crippen molar-refractivity contribution < 1.29 is 9.53 Å². The van der Waals surface area contributed by atoms with E-state index in [4.69, 9.17) is 16.3 Å². The van der Waals surface area contributed by atoms with Gasteiger partial charge in [-0.05, 0) is 42.5 Å². The molecule has 5 heteroatoms. The Bertz CT molecular complexity index is 849. The standard InChI is InChI=1S/C17H13ClN2O2/c1-22-17(21)11-3-2-4-13(9-11)20-16-7-8-19-15-6-5-12(18)10-14(15)16/h2-10H,1H3,(H,19,20). The van der Waals surface area contributed by atoms with Crippen molar-refractivity contribution in [3.05, 3.63) is 65.3 Å². The number of aromatic nitrogens is 1. The minimum absolute atomic E-state index is 0.369. The summed E-state index contributed by atoms with van der Waals surface area (Å²) in [5.41, 5.74) is 2.99. The van der Waals surface area contributed by atoms with Crippen molar-refractivity contribution in [2.24, 2.45) is 0 Å². The van der Waals surface area contributed by atoms with E-state index in [1.54, 1.807) is 30.5 Å². The molecule has 0 bridgehead atoms. The summed E-state index contributed by atoms with van der Waals surface area (Å²) in [4.78, 5) is 15.9. The maximum atomic E-state index is 11.6. The number of nitrogens with one attached hydrogen (secondary N) is 1. The van der Waals surface area contributed by atoms with E-state index in [1.807, 2.05) is 24.3 Å². The fraction of sp³-hybridized carbons (Fsp3) is 0.0588. The smallest absolute Gasteiger partial charge is 0.337 e. The molecule has 0 saturated heterocycles. The highest BCUT2D eigenvalue weighted by Crippen LogP contribution is 2.27. The molecule has 0 aliphatic rings. The van der Waals surface area contributed by atoms with E-state index in [0.717, 1.165) is 22.3 Å². The minimum Gasteiger partial charge on any atom is -0.465 e. The first-order valence-corrected chi connectivity index (χ1v) is 7.05. The zero-order valence-electron chi connectivity index (χ0n) is 11.8. The van der Waals surface area contributed by atoms with E-state index in [1.165, 1.54) is 7.11 Å². The van der Waals surface area contributed by atoms with Crippen molar-refractivity contribution in [2.45, 2.75) is 0 Å². The fourth-order valence-corrected chi connectivity index (χ4v) is 2.40. The molecule has 1 aromatic heterocycles. The van der Waals surface area contributed by atoms with Gasteiger partial charge in [0.1, 0.15) is 0 Å². The molecule has 0 saturated carbocycles. The first-order chi connectivity index (χ1) is 10.7. The van der Waals surface area contributed by atoms with Crippen LogP contribution in [0.5, 0.6) is 0 Å². The Morgan fingerprint density at radius 1 is 1.18 bits per heavy atom. The van der Waals surface area contributed by atoms with Gasteiger partial charge < -0.3 is 10.1 Å². The minimum atomic E-state index is -0.369. The molecule has 22 heavy (non-hydrogen) atoms. The van der Waals surface area contributed by atoms with E-state index in [2.05, 4.69) is 10.3 Å². The summed E-state index contributed by atoms with van der Waals surface area (Å²) in [5, 5.41) is 4.85. The fourth-order valence-electron chi connectivity index (χ4n) is 2.22. The zero-order chi connectivity index (χ0) is 15.5. The van der Waals surface area contributed by atoms with Gasteiger partial charge in [-0.15, -0.1) is 0 Å². The molecular weight excluding hydrogens is 300 g/mol. The van der Waals surface area contributed by atoms with Crippen LogP contribution in [0.4, 0.5) is 11.4 Å². The number of ether oxygens (including phenoxy) is 1. The molecule has 1 N–H and O–H groups in total. The number of fused-ring (bicyclic) bond motifs is 1. The molecule has 0 fully saturated rings. The molecule has 0 aliphatic heterocycles. The van der Waals surface area contributed by atoms with Crippen molar-refractivity contribution in [3.8, 4) is 0 Å². The number of hydrogen-bond donors (Lipinski definition) is 1. The molecule has 3 aromatic rings. The monoisotopic (exact) mass is 312 g/mol. The predicted molar refractivity (Wildman–Crippen MR) is 87.8 cm³/mol. The average Bonchev–Trinajstić information content (AvgIpc) is 2.55. The van der Waals surface area contributed by atoms with E-state index in [-0.39, 0.29) is 5.97 Å². The zero-order valence-corrected chi connectivity index (χ0v) is 12.6. The molecule has 3 rings (SSSR count). The molecular formula is C17H13ClN2O2. The quantitative estimate of drug-likeness (QED) is 0.727. The van der Waals surface area contributed by atoms with Crippen LogP contribution < -0.4 is 5.32 Å². The number of hydrogen-bond acceptors (Lipinski definition) is 4. The maximum Gasteiger partial charge on any atom is 0.337 e. The van der Waals surface area contributed by atoms with Crippen LogP contribution in [0.2, 0.25) is 5.02 Å². The summed E-state index contributed by atoms with van der Waals surface area (Å²) in [6, 6.07) is 14.5. The summed E-state index contributed by atoms with van der Waals surface area (Å²) in [5.74, 6) is -0.369. The predicted octanol–water partition coefficient (Wildman–Crippen LogP) is 4.42. The lowest BCUT2D eigenvalue weighted by Gasteiger charge is -2.10. The lowest BCUT2D eigenvalue weighted by molar-refractivity contribution is 0.0601. The Morgan fingerprint density at radius 2 is 2.05 bits per heavy atom. The van der Waals surface area contributed by atoms with Crippen LogP contribution in [-0.4, -0.2) is 18.1 Å². The number of carbonyl (C=O) groups is 1. The Morgan fingerprint density at radius 3 is 2.86 bits per heavy atom. The second-order valence-electron chi connectivity index (χ2n) is 4.72. The number of nitrogens with zero attached hydrogens (tertiary/aromatic N) is 1. The second kappa shape index (κ2) is 6.03. The third kappa shape index (κ3) is 2.87. The van der Waals surface area contributed by atoms with Gasteiger partial charge in [0.2, 0.25) is 0 Å². The Kier molecular flexibility index (Phi) is 3.94. The van der Waals surface area contributed by atoms with Crippen LogP contribution in [-0.2, 0) is 4.74 Å². The lowest BCUT2D eigenvalue weighted by atomic mass is 10.1. The van der Waals surface area contributed by atoms with Crippen molar-refractivity contribution in [3.63, 3.8) is 0 Å². The Labute approximate surface area is 132 Å². The van der Waals surface area contributed by atoms with E-state index in [0.29, 0.717) is 10.6 Å². The van der Waals surface area contributed by atoms with Gasteiger partial charge in [-0.25, -0.2) is 4.79 Å². The number of pyridine rings is 1. The number of rotatable bonds is 3. The number of carbonyl (C=O) groups excluding carboxylic acids is 1. The normalized spacial score (nSPS) is 10.5. The third-order valence-electron chi connectivity index (χ3n) is 3.27. The molecule has 4 nitrogen and oxygen atoms in total. The third-order valence-corrected chi connectivity index (χ3v) is 3.50. The van der Waals surface area contributed by atoms with Crippen LogP contribution in [0, 0.1) is 0 Å². The number of anilines is 2. The summed E-state index contributed by atoms with van der Waals surface area (Å²) >= 11 is 6.06. The SMILES string of the molecule is COC(=O)c1cccc(Nc2ccnc3ccc(Cl)cc23)c1. The molecule has 0 unspecified atom stereocenters. The molecule has 0 radical (unpaired) electrons. The van der Waals surface area contributed by atoms with Gasteiger partial charge in [0.25, 0.3) is 0 Å². The first kappa shape index (κ1) is 14.4. The van der Waals surface area contributed by atoms with Gasteiger partial charge in [-0.2, -0.15) is 0 Å². The van der Waals surface area contributed by atoms with Gasteiger partial charge in [0, 0.05) is 28.0 Å². The Balaban J connectivity index is 2.00. The lowest BCUT2D eigenvalue weighted by Crippen LogP contribution is -2.02. The molecule has 110 valence electrons. The molecule has 1 heterocycles. The van der Waals surface area contributed by atoms with E-state index < -0.39 is 0 Å². The topological polar surface area (TPSA) is 51.2 Å². The molecule has 0 aliphatic carbocycles. The number of methoxy groups -OCH3 is 1. The van der Waals surface area contributed by atoms with Gasteiger partial charge in [0.05, 0.1) is 18.2 Å². The number of halogens is 1. The number of esters is 1. The van der Waals surface area contributed by atoms with Gasteiger partial charge in [0.15, 0.2) is 0 Å². The van der Waals surface area contributed by atoms with Crippen molar-refractivity contribution in [1.29, 1.82) is 0 Å². The first-order valence-electron chi connectivity index (χ1n) is 6.67. The largest absolute Gasteiger partial charge is 0.465 e. The molecule has 0 amide bonds. The van der Waals surface area contributed by atoms with Gasteiger partial charge >= 0.3 is 5.97 Å². The van der Waals surface area contributed by atoms with Crippen molar-refractivity contribution in [1.82, 2.24) is 4.98 Å². The average molecular weight is 313 g/mol. The van der Waals surface area contributed by atoms with Crippen molar-refractivity contribution in [2.75, 3.05) is 12.4 Å². The van der Waals surface area contributed by atoms with Crippen molar-refractivity contribution >= 4 is 39.8 Å². The van der Waals surface area contributed by atoms with Gasteiger partial charge in [-0.1, -0.05) is 17.7 Å². The highest BCUT2D eigenvalue weighted by molar-refractivity contribution is 6.31. The molecule has 0 atom stereocenters. The highest BCUT2D eigenvalue weighted by atomic mass is 35.5. The van der Waals surface area contributed by atoms with Gasteiger partial charge in [-0.3, -0.25) is 4.98 Å². The molecule has 0 spiro atoms. The van der Waals surface area contributed by atoms with Crippen LogP contribution in [0.15, 0.2) is 54.7 Å².